The first-order valence-corrected chi connectivity index (χ1v) is 6.71. The molecule has 1 heterocycles. The molecule has 0 N–H and O–H groups in total. The van der Waals surface area contributed by atoms with Gasteiger partial charge < -0.3 is 9.80 Å². The summed E-state index contributed by atoms with van der Waals surface area (Å²) in [6.45, 7) is 9.40. The SMILES string of the molecule is Br.C=Cc1ccc(N2C=CN(CCCC)C2C)cc1. The van der Waals surface area contributed by atoms with Crippen molar-refractivity contribution in [1.82, 2.24) is 4.90 Å². The highest BCUT2D eigenvalue weighted by atomic mass is 79.9. The van der Waals surface area contributed by atoms with Crippen LogP contribution in [0, 0.1) is 0 Å². The highest BCUT2D eigenvalue weighted by molar-refractivity contribution is 8.93. The van der Waals surface area contributed by atoms with E-state index in [0.717, 1.165) is 12.1 Å². The van der Waals surface area contributed by atoms with Gasteiger partial charge in [0.05, 0.1) is 0 Å². The van der Waals surface area contributed by atoms with Gasteiger partial charge in [-0.15, -0.1) is 17.0 Å². The molecule has 2 nitrogen and oxygen atoms in total. The first kappa shape index (κ1) is 15.8. The Morgan fingerprint density at radius 1 is 1.21 bits per heavy atom. The molecule has 1 aliphatic rings. The molecule has 1 aliphatic heterocycles. The van der Waals surface area contributed by atoms with Crippen LogP contribution in [0.3, 0.4) is 0 Å². The maximum absolute atomic E-state index is 3.78. The number of hydrogen-bond donors (Lipinski definition) is 0. The van der Waals surface area contributed by atoms with Gasteiger partial charge in [-0.25, -0.2) is 0 Å². The topological polar surface area (TPSA) is 6.48 Å². The maximum Gasteiger partial charge on any atom is 0.102 e. The zero-order valence-electron chi connectivity index (χ0n) is 11.7. The van der Waals surface area contributed by atoms with Crippen LogP contribution in [0.5, 0.6) is 0 Å². The van der Waals surface area contributed by atoms with Crippen LogP contribution in [-0.2, 0) is 0 Å². The number of halogens is 1. The monoisotopic (exact) mass is 322 g/mol. The third kappa shape index (κ3) is 3.63. The predicted octanol–water partition coefficient (Wildman–Crippen LogP) is 4.65. The first-order chi connectivity index (χ1) is 8.76. The Bertz CT molecular complexity index is 425. The van der Waals surface area contributed by atoms with Crippen LogP contribution in [-0.4, -0.2) is 17.6 Å². The van der Waals surface area contributed by atoms with Crippen LogP contribution in [0.1, 0.15) is 32.3 Å². The molecule has 3 heteroatoms. The standard InChI is InChI=1S/C16H22N2.BrH/c1-4-6-11-17-12-13-18(14(17)3)16-9-7-15(5-2)8-10-16;/h5,7-10,12-14H,2,4,6,11H2,1,3H3;1H. The Balaban J connectivity index is 0.00000180. The first-order valence-electron chi connectivity index (χ1n) is 6.71. The highest BCUT2D eigenvalue weighted by Crippen LogP contribution is 2.25. The fraction of sp³-hybridized carbons (Fsp3) is 0.375. The van der Waals surface area contributed by atoms with Gasteiger partial charge in [0.25, 0.3) is 0 Å². The number of benzene rings is 1. The van der Waals surface area contributed by atoms with Crippen LogP contribution in [0.4, 0.5) is 5.69 Å². The number of rotatable bonds is 5. The molecule has 0 aromatic heterocycles. The summed E-state index contributed by atoms with van der Waals surface area (Å²) in [5, 5.41) is 0. The van der Waals surface area contributed by atoms with E-state index in [1.54, 1.807) is 0 Å². The summed E-state index contributed by atoms with van der Waals surface area (Å²) in [6, 6.07) is 8.53. The second-order valence-electron chi connectivity index (χ2n) is 4.72. The van der Waals surface area contributed by atoms with Crippen molar-refractivity contribution in [3.05, 3.63) is 48.8 Å². The molecule has 1 unspecified atom stereocenters. The second kappa shape index (κ2) is 7.39. The Hall–Kier alpha value is -1.22. The predicted molar refractivity (Wildman–Crippen MR) is 89.6 cm³/mol. The smallest absolute Gasteiger partial charge is 0.102 e. The van der Waals surface area contributed by atoms with Crippen molar-refractivity contribution >= 4 is 28.7 Å². The molecule has 0 saturated carbocycles. The third-order valence-corrected chi connectivity index (χ3v) is 3.50. The maximum atomic E-state index is 3.78. The van der Waals surface area contributed by atoms with Crippen molar-refractivity contribution in [3.8, 4) is 0 Å². The van der Waals surface area contributed by atoms with Crippen molar-refractivity contribution in [1.29, 1.82) is 0 Å². The van der Waals surface area contributed by atoms with E-state index in [1.807, 2.05) is 6.08 Å². The van der Waals surface area contributed by atoms with E-state index in [9.17, 15) is 0 Å². The summed E-state index contributed by atoms with van der Waals surface area (Å²) in [7, 11) is 0. The lowest BCUT2D eigenvalue weighted by Gasteiger charge is -2.29. The quantitative estimate of drug-likeness (QED) is 0.778. The van der Waals surface area contributed by atoms with E-state index in [-0.39, 0.29) is 17.0 Å². The van der Waals surface area contributed by atoms with Gasteiger partial charge in [-0.3, -0.25) is 0 Å². The molecule has 2 rings (SSSR count). The van der Waals surface area contributed by atoms with Gasteiger partial charge in [-0.2, -0.15) is 0 Å². The van der Waals surface area contributed by atoms with E-state index in [1.165, 1.54) is 18.5 Å². The van der Waals surface area contributed by atoms with Crippen LogP contribution in [0.2, 0.25) is 0 Å². The molecular weight excluding hydrogens is 300 g/mol. The van der Waals surface area contributed by atoms with Gasteiger partial charge in [-0.1, -0.05) is 38.1 Å². The summed E-state index contributed by atoms with van der Waals surface area (Å²) >= 11 is 0. The zero-order valence-corrected chi connectivity index (χ0v) is 13.5. The van der Waals surface area contributed by atoms with Gasteiger partial charge in [0, 0.05) is 24.6 Å². The fourth-order valence-electron chi connectivity index (χ4n) is 2.25. The van der Waals surface area contributed by atoms with Crippen molar-refractivity contribution in [2.45, 2.75) is 32.9 Å². The number of hydrogen-bond acceptors (Lipinski definition) is 2. The average Bonchev–Trinajstić information content (AvgIpc) is 2.78. The number of nitrogens with zero attached hydrogens (tertiary/aromatic N) is 2. The minimum absolute atomic E-state index is 0. The summed E-state index contributed by atoms with van der Waals surface area (Å²) in [6.07, 6.45) is 9.14. The fourth-order valence-corrected chi connectivity index (χ4v) is 2.25. The van der Waals surface area contributed by atoms with Crippen LogP contribution >= 0.6 is 17.0 Å². The van der Waals surface area contributed by atoms with E-state index in [0.29, 0.717) is 6.17 Å². The summed E-state index contributed by atoms with van der Waals surface area (Å²) in [5.41, 5.74) is 2.40. The molecule has 19 heavy (non-hydrogen) atoms. The lowest BCUT2D eigenvalue weighted by molar-refractivity contribution is 0.313. The number of unbranched alkanes of at least 4 members (excludes halogenated alkanes) is 1. The molecule has 1 aromatic rings. The molecule has 0 aliphatic carbocycles. The molecule has 1 atom stereocenters. The van der Waals surface area contributed by atoms with Gasteiger partial charge in [-0.05, 0) is 31.0 Å². The Kier molecular flexibility index (Phi) is 6.16. The zero-order chi connectivity index (χ0) is 13.0. The van der Waals surface area contributed by atoms with Gasteiger partial charge >= 0.3 is 0 Å². The van der Waals surface area contributed by atoms with Crippen molar-refractivity contribution in [2.75, 3.05) is 11.4 Å². The molecule has 0 radical (unpaired) electrons. The van der Waals surface area contributed by atoms with E-state index in [4.69, 9.17) is 0 Å². The van der Waals surface area contributed by atoms with Gasteiger partial charge in [0.1, 0.15) is 6.17 Å². The molecule has 1 aromatic carbocycles. The lowest BCUT2D eigenvalue weighted by atomic mass is 10.2. The van der Waals surface area contributed by atoms with E-state index < -0.39 is 0 Å². The molecule has 0 spiro atoms. The summed E-state index contributed by atoms with van der Waals surface area (Å²) in [5.74, 6) is 0. The molecule has 0 fully saturated rings. The van der Waals surface area contributed by atoms with Crippen molar-refractivity contribution in [3.63, 3.8) is 0 Å². The highest BCUT2D eigenvalue weighted by Gasteiger charge is 2.22. The molecule has 0 bridgehead atoms. The Morgan fingerprint density at radius 3 is 2.47 bits per heavy atom. The lowest BCUT2D eigenvalue weighted by Crippen LogP contribution is -2.36. The second-order valence-corrected chi connectivity index (χ2v) is 4.72. The normalized spacial score (nSPS) is 17.5. The van der Waals surface area contributed by atoms with Crippen molar-refractivity contribution in [2.24, 2.45) is 0 Å². The Labute approximate surface area is 127 Å². The summed E-state index contributed by atoms with van der Waals surface area (Å²) < 4.78 is 0. The Morgan fingerprint density at radius 2 is 1.89 bits per heavy atom. The minimum atomic E-state index is 0. The van der Waals surface area contributed by atoms with Crippen LogP contribution < -0.4 is 4.90 Å². The molecule has 0 amide bonds. The average molecular weight is 323 g/mol. The minimum Gasteiger partial charge on any atom is -0.356 e. The van der Waals surface area contributed by atoms with E-state index in [2.05, 4.69) is 66.9 Å². The molecule has 0 saturated heterocycles. The van der Waals surface area contributed by atoms with Crippen LogP contribution in [0.25, 0.3) is 6.08 Å². The molecule has 104 valence electrons. The van der Waals surface area contributed by atoms with Crippen molar-refractivity contribution < 1.29 is 0 Å². The van der Waals surface area contributed by atoms with E-state index >= 15 is 0 Å². The van der Waals surface area contributed by atoms with Gasteiger partial charge in [0.2, 0.25) is 0 Å². The third-order valence-electron chi connectivity index (χ3n) is 3.50. The largest absolute Gasteiger partial charge is 0.356 e. The molecular formula is C16H23BrN2. The van der Waals surface area contributed by atoms with Gasteiger partial charge in [0.15, 0.2) is 0 Å². The summed E-state index contributed by atoms with van der Waals surface area (Å²) in [4.78, 5) is 4.70. The van der Waals surface area contributed by atoms with Crippen LogP contribution in [0.15, 0.2) is 43.2 Å². The number of anilines is 1.